The van der Waals surface area contributed by atoms with Crippen LogP contribution in [0.15, 0.2) is 60.3 Å². The molecule has 9 heteroatoms. The number of methoxy groups -OCH3 is 1. The molecule has 4 amide bonds. The molecule has 0 aliphatic carbocycles. The van der Waals surface area contributed by atoms with Gasteiger partial charge in [-0.3, -0.25) is 19.7 Å². The molecular weight excluding hydrogens is 405 g/mol. The molecule has 2 heterocycles. The number of benzene rings is 2. The lowest BCUT2D eigenvalue weighted by molar-refractivity contribution is -0.141. The van der Waals surface area contributed by atoms with Crippen LogP contribution in [0.25, 0.3) is 17.0 Å². The number of fused-ring (bicyclic) bond motifs is 1. The highest BCUT2D eigenvalue weighted by atomic mass is 19.1. The molecule has 31 heavy (non-hydrogen) atoms. The van der Waals surface area contributed by atoms with Gasteiger partial charge in [0.1, 0.15) is 17.9 Å². The first-order valence-corrected chi connectivity index (χ1v) is 9.21. The molecule has 0 saturated carbocycles. The van der Waals surface area contributed by atoms with E-state index in [2.05, 4.69) is 5.32 Å². The summed E-state index contributed by atoms with van der Waals surface area (Å²) in [5.74, 6) is -3.10. The van der Waals surface area contributed by atoms with Crippen molar-refractivity contribution in [2.45, 2.75) is 6.54 Å². The van der Waals surface area contributed by atoms with E-state index in [9.17, 15) is 23.6 Å². The number of hydrogen-bond donors (Lipinski definition) is 1. The number of anilines is 1. The Bertz CT molecular complexity index is 1280. The molecule has 1 aliphatic heterocycles. The van der Waals surface area contributed by atoms with Crippen LogP contribution in [-0.2, 0) is 25.7 Å². The summed E-state index contributed by atoms with van der Waals surface area (Å²) in [6.45, 7) is -0.0693. The van der Waals surface area contributed by atoms with Crippen molar-refractivity contribution < 1.29 is 28.3 Å². The van der Waals surface area contributed by atoms with E-state index in [0.717, 1.165) is 6.07 Å². The van der Waals surface area contributed by atoms with Crippen molar-refractivity contribution in [3.05, 3.63) is 71.7 Å². The van der Waals surface area contributed by atoms with Crippen LogP contribution in [0.2, 0.25) is 0 Å². The first kappa shape index (κ1) is 20.0. The van der Waals surface area contributed by atoms with E-state index < -0.39 is 29.6 Å². The average molecular weight is 421 g/mol. The predicted molar refractivity (Wildman–Crippen MR) is 109 cm³/mol. The number of barbiturate groups is 1. The minimum Gasteiger partial charge on any atom is -0.468 e. The molecular formula is C22H16FN3O5. The largest absolute Gasteiger partial charge is 0.468 e. The Labute approximate surface area is 175 Å². The number of hydrogen-bond acceptors (Lipinski definition) is 5. The highest BCUT2D eigenvalue weighted by Crippen LogP contribution is 2.27. The van der Waals surface area contributed by atoms with Gasteiger partial charge in [0.25, 0.3) is 11.8 Å². The summed E-state index contributed by atoms with van der Waals surface area (Å²) in [5, 5.41) is 2.74. The van der Waals surface area contributed by atoms with Crippen LogP contribution in [0.3, 0.4) is 0 Å². The average Bonchev–Trinajstić information content (AvgIpc) is 3.09. The molecule has 0 bridgehead atoms. The number of para-hydroxylation sites is 2. The number of nitrogens with zero attached hydrogens (tertiary/aromatic N) is 2. The fraction of sp³-hybridized carbons (Fsp3) is 0.0909. The van der Waals surface area contributed by atoms with Gasteiger partial charge in [-0.15, -0.1) is 0 Å². The minimum absolute atomic E-state index is 0.0693. The lowest BCUT2D eigenvalue weighted by Crippen LogP contribution is -2.54. The fourth-order valence-corrected chi connectivity index (χ4v) is 3.39. The zero-order valence-corrected chi connectivity index (χ0v) is 16.3. The fourth-order valence-electron chi connectivity index (χ4n) is 3.39. The van der Waals surface area contributed by atoms with Gasteiger partial charge in [0.05, 0.1) is 12.8 Å². The Kier molecular flexibility index (Phi) is 5.08. The Morgan fingerprint density at radius 1 is 1.10 bits per heavy atom. The van der Waals surface area contributed by atoms with Crippen LogP contribution in [0.5, 0.6) is 0 Å². The third kappa shape index (κ3) is 3.57. The first-order valence-electron chi connectivity index (χ1n) is 9.21. The summed E-state index contributed by atoms with van der Waals surface area (Å²) >= 11 is 0. The monoisotopic (exact) mass is 421 g/mol. The molecule has 0 spiro atoms. The van der Waals surface area contributed by atoms with Crippen molar-refractivity contribution in [1.29, 1.82) is 0 Å². The molecule has 4 rings (SSSR count). The van der Waals surface area contributed by atoms with Crippen molar-refractivity contribution >= 4 is 46.5 Å². The SMILES string of the molecule is COC(=O)Cn1cc(/C=C2/C(=O)NC(=O)N(c3ccccc3F)C2=O)c2ccccc21. The lowest BCUT2D eigenvalue weighted by Gasteiger charge is -2.26. The zero-order chi connectivity index (χ0) is 22.1. The van der Waals surface area contributed by atoms with E-state index in [1.165, 1.54) is 31.4 Å². The second-order valence-corrected chi connectivity index (χ2v) is 6.71. The van der Waals surface area contributed by atoms with E-state index in [4.69, 9.17) is 4.74 Å². The van der Waals surface area contributed by atoms with E-state index in [1.807, 2.05) is 0 Å². The lowest BCUT2D eigenvalue weighted by atomic mass is 10.1. The van der Waals surface area contributed by atoms with E-state index in [0.29, 0.717) is 21.4 Å². The number of carbonyl (C=O) groups is 4. The van der Waals surface area contributed by atoms with Gasteiger partial charge < -0.3 is 9.30 Å². The summed E-state index contributed by atoms with van der Waals surface area (Å²) < 4.78 is 20.5. The maximum Gasteiger partial charge on any atom is 0.336 e. The highest BCUT2D eigenvalue weighted by molar-refractivity contribution is 6.39. The van der Waals surface area contributed by atoms with Crippen LogP contribution in [0.1, 0.15) is 5.56 Å². The van der Waals surface area contributed by atoms with Gasteiger partial charge in [0, 0.05) is 22.7 Å². The molecule has 3 aromatic rings. The van der Waals surface area contributed by atoms with Gasteiger partial charge in [-0.1, -0.05) is 30.3 Å². The summed E-state index contributed by atoms with van der Waals surface area (Å²) in [6, 6.07) is 11.3. The Hall–Kier alpha value is -4.27. The number of aromatic nitrogens is 1. The quantitative estimate of drug-likeness (QED) is 0.397. The third-order valence-electron chi connectivity index (χ3n) is 4.84. The third-order valence-corrected chi connectivity index (χ3v) is 4.84. The second kappa shape index (κ2) is 7.86. The number of halogens is 1. The number of carbonyl (C=O) groups excluding carboxylic acids is 4. The van der Waals surface area contributed by atoms with Crippen LogP contribution in [0.4, 0.5) is 14.9 Å². The molecule has 1 aliphatic rings. The summed E-state index contributed by atoms with van der Waals surface area (Å²) in [6.07, 6.45) is 2.91. The van der Waals surface area contributed by atoms with Crippen LogP contribution in [0, 0.1) is 5.82 Å². The van der Waals surface area contributed by atoms with E-state index >= 15 is 0 Å². The van der Waals surface area contributed by atoms with Gasteiger partial charge in [0.15, 0.2) is 0 Å². The normalized spacial score (nSPS) is 15.5. The molecule has 0 atom stereocenters. The molecule has 2 aromatic carbocycles. The molecule has 1 fully saturated rings. The Morgan fingerprint density at radius 2 is 1.81 bits per heavy atom. The number of rotatable bonds is 4. The number of urea groups is 1. The highest BCUT2D eigenvalue weighted by Gasteiger charge is 2.38. The van der Waals surface area contributed by atoms with Crippen molar-refractivity contribution in [2.24, 2.45) is 0 Å². The number of ether oxygens (including phenoxy) is 1. The van der Waals surface area contributed by atoms with Gasteiger partial charge in [-0.05, 0) is 24.3 Å². The molecule has 1 N–H and O–H groups in total. The predicted octanol–water partition coefficient (Wildman–Crippen LogP) is 2.62. The molecule has 0 radical (unpaired) electrons. The van der Waals surface area contributed by atoms with Crippen LogP contribution < -0.4 is 10.2 Å². The first-order chi connectivity index (χ1) is 14.9. The summed E-state index contributed by atoms with van der Waals surface area (Å²) in [7, 11) is 1.27. The molecule has 1 saturated heterocycles. The molecule has 1 aromatic heterocycles. The number of esters is 1. The van der Waals surface area contributed by atoms with Crippen LogP contribution in [-0.4, -0.2) is 35.5 Å². The van der Waals surface area contributed by atoms with Crippen molar-refractivity contribution in [3.8, 4) is 0 Å². The van der Waals surface area contributed by atoms with Gasteiger partial charge in [-0.2, -0.15) is 0 Å². The summed E-state index contributed by atoms with van der Waals surface area (Å²) in [4.78, 5) is 50.0. The van der Waals surface area contributed by atoms with Gasteiger partial charge in [-0.25, -0.2) is 14.1 Å². The van der Waals surface area contributed by atoms with E-state index in [-0.39, 0.29) is 17.8 Å². The number of imide groups is 2. The molecule has 8 nitrogen and oxygen atoms in total. The maximum atomic E-state index is 14.2. The maximum absolute atomic E-state index is 14.2. The van der Waals surface area contributed by atoms with Crippen molar-refractivity contribution in [1.82, 2.24) is 9.88 Å². The minimum atomic E-state index is -1.04. The second-order valence-electron chi connectivity index (χ2n) is 6.71. The molecule has 156 valence electrons. The van der Waals surface area contributed by atoms with Crippen molar-refractivity contribution in [2.75, 3.05) is 12.0 Å². The van der Waals surface area contributed by atoms with E-state index in [1.54, 1.807) is 35.0 Å². The summed E-state index contributed by atoms with van der Waals surface area (Å²) in [5.41, 5.74) is 0.548. The number of nitrogens with one attached hydrogen (secondary N) is 1. The molecule has 0 unspecified atom stereocenters. The standard InChI is InChI=1S/C22H16FN3O5/c1-31-19(27)12-25-11-13(14-6-2-4-8-17(14)25)10-15-20(28)24-22(30)26(21(15)29)18-9-5-3-7-16(18)23/h2-11H,12H2,1H3,(H,24,28,30)/b15-10-. The smallest absolute Gasteiger partial charge is 0.336 e. The van der Waals surface area contributed by atoms with Crippen LogP contribution >= 0.6 is 0 Å². The zero-order valence-electron chi connectivity index (χ0n) is 16.3. The van der Waals surface area contributed by atoms with Gasteiger partial charge in [0.2, 0.25) is 0 Å². The number of amides is 4. The Morgan fingerprint density at radius 3 is 2.55 bits per heavy atom. The topological polar surface area (TPSA) is 97.7 Å². The van der Waals surface area contributed by atoms with Crippen molar-refractivity contribution in [3.63, 3.8) is 0 Å². The van der Waals surface area contributed by atoms with Gasteiger partial charge >= 0.3 is 12.0 Å². The Balaban J connectivity index is 1.81.